The van der Waals surface area contributed by atoms with E-state index in [1.165, 1.54) is 6.07 Å². The predicted octanol–water partition coefficient (Wildman–Crippen LogP) is 3.82. The summed E-state index contributed by atoms with van der Waals surface area (Å²) < 4.78 is 28.1. The van der Waals surface area contributed by atoms with Gasteiger partial charge in [-0.3, -0.25) is 24.0 Å². The third-order valence-electron chi connectivity index (χ3n) is 4.55. The summed E-state index contributed by atoms with van der Waals surface area (Å²) in [7, 11) is 1.16. The Bertz CT molecular complexity index is 800. The van der Waals surface area contributed by atoms with Crippen LogP contribution in [-0.4, -0.2) is 77.9 Å². The van der Waals surface area contributed by atoms with Gasteiger partial charge >= 0.3 is 19.5 Å². The van der Waals surface area contributed by atoms with Crippen molar-refractivity contribution >= 4 is 19.5 Å². The van der Waals surface area contributed by atoms with Gasteiger partial charge in [0.1, 0.15) is 12.6 Å². The van der Waals surface area contributed by atoms with Crippen molar-refractivity contribution in [1.29, 1.82) is 0 Å². The number of nitro groups is 1. The second-order valence-corrected chi connectivity index (χ2v) is 10.2. The lowest BCUT2D eigenvalue weighted by molar-refractivity contribution is -0.873. The van der Waals surface area contributed by atoms with Crippen LogP contribution in [0.15, 0.2) is 24.3 Å². The van der Waals surface area contributed by atoms with Gasteiger partial charge in [-0.05, 0) is 18.9 Å². The normalized spacial score (nSPS) is 14.0. The first-order chi connectivity index (χ1) is 15.4. The number of aliphatic carboxylic acids is 1. The minimum Gasteiger partial charge on any atom is -0.870 e. The molecule has 0 heterocycles. The number of para-hydroxylation sites is 2. The van der Waals surface area contributed by atoms with Crippen LogP contribution in [0.25, 0.3) is 0 Å². The predicted molar refractivity (Wildman–Crippen MR) is 124 cm³/mol. The van der Waals surface area contributed by atoms with Gasteiger partial charge in [-0.1, -0.05) is 37.8 Å². The summed E-state index contributed by atoms with van der Waals surface area (Å²) in [6.45, 7) is 0.685. The van der Waals surface area contributed by atoms with Crippen LogP contribution in [0, 0.1) is 10.1 Å². The molecule has 0 aliphatic rings. The van der Waals surface area contributed by atoms with Crippen LogP contribution in [0.1, 0.15) is 44.9 Å². The first-order valence-corrected chi connectivity index (χ1v) is 12.4. The molecule has 0 saturated heterocycles. The van der Waals surface area contributed by atoms with Crippen LogP contribution in [0.3, 0.4) is 0 Å². The molecule has 2 unspecified atom stereocenters. The molecule has 34 heavy (non-hydrogen) atoms. The largest absolute Gasteiger partial charge is 0.870 e. The molecule has 1 rings (SSSR count). The van der Waals surface area contributed by atoms with Crippen LogP contribution in [0.4, 0.5) is 5.69 Å². The highest BCUT2D eigenvalue weighted by molar-refractivity contribution is 7.47. The maximum absolute atomic E-state index is 12.1. The van der Waals surface area contributed by atoms with Crippen molar-refractivity contribution in [1.82, 2.24) is 0 Å². The highest BCUT2D eigenvalue weighted by Gasteiger charge is 2.31. The summed E-state index contributed by atoms with van der Waals surface area (Å²) in [6.07, 6.45) is 3.53. The molecule has 2 atom stereocenters. The number of hydrogen-bond donors (Lipinski definition) is 2. The van der Waals surface area contributed by atoms with Crippen LogP contribution in [0.2, 0.25) is 0 Å². The van der Waals surface area contributed by atoms with Crippen LogP contribution < -0.4 is 4.74 Å². The van der Waals surface area contributed by atoms with Gasteiger partial charge in [0.15, 0.2) is 5.75 Å². The third kappa shape index (κ3) is 14.9. The number of phosphoric ester groups is 1. The Morgan fingerprint density at radius 3 is 2.21 bits per heavy atom. The number of carbonyl (C=O) groups is 1. The summed E-state index contributed by atoms with van der Waals surface area (Å²) in [5.41, 5.74) is -0.0468. The molecule has 0 saturated carbocycles. The Morgan fingerprint density at radius 1 is 1.09 bits per heavy atom. The quantitative estimate of drug-likeness (QED) is 0.0974. The van der Waals surface area contributed by atoms with E-state index < -0.39 is 24.8 Å². The highest BCUT2D eigenvalue weighted by atomic mass is 31.2. The van der Waals surface area contributed by atoms with Crippen LogP contribution in [0.5, 0.6) is 5.75 Å². The first-order valence-electron chi connectivity index (χ1n) is 10.9. The number of unbranched alkanes of at least 4 members (excludes halogenated alkanes) is 5. The summed E-state index contributed by atoms with van der Waals surface area (Å²) in [5.74, 6) is -0.844. The molecule has 1 aromatic rings. The van der Waals surface area contributed by atoms with E-state index in [-0.39, 0.29) is 36.5 Å². The topological polar surface area (TPSA) is 175 Å². The third-order valence-corrected chi connectivity index (χ3v) is 5.62. The number of nitrogens with zero attached hydrogens (tertiary/aromatic N) is 2. The number of quaternary nitrogens is 1. The summed E-state index contributed by atoms with van der Waals surface area (Å²) in [5, 5.41) is 19.9. The number of phosphoric acid groups is 1. The molecule has 13 heteroatoms. The number of carboxylic acids is 1. The maximum atomic E-state index is 12.1. The fourth-order valence-corrected chi connectivity index (χ4v) is 4.10. The number of nitro benzene ring substituents is 1. The van der Waals surface area contributed by atoms with E-state index >= 15 is 0 Å². The van der Waals surface area contributed by atoms with E-state index in [2.05, 4.69) is 0 Å². The van der Waals surface area contributed by atoms with E-state index in [0.717, 1.165) is 32.1 Å². The molecule has 0 spiro atoms. The monoisotopic (exact) mass is 508 g/mol. The molecular formula is C21H37N2O10P. The van der Waals surface area contributed by atoms with Gasteiger partial charge in [-0.25, -0.2) is 4.57 Å². The molecule has 0 aliphatic heterocycles. The van der Waals surface area contributed by atoms with Crippen molar-refractivity contribution in [3.63, 3.8) is 0 Å². The Hall–Kier alpha value is -2.08. The van der Waals surface area contributed by atoms with Gasteiger partial charge in [0, 0.05) is 6.07 Å². The van der Waals surface area contributed by atoms with Gasteiger partial charge < -0.3 is 24.7 Å². The molecular weight excluding hydrogens is 471 g/mol. The average molecular weight is 509 g/mol. The van der Waals surface area contributed by atoms with Gasteiger partial charge in [0.25, 0.3) is 0 Å². The molecule has 3 N–H and O–H groups in total. The van der Waals surface area contributed by atoms with E-state index in [1.54, 1.807) is 18.2 Å². The van der Waals surface area contributed by atoms with Crippen molar-refractivity contribution < 1.29 is 48.0 Å². The molecule has 0 aliphatic carbocycles. The number of rotatable bonds is 18. The fourth-order valence-electron chi connectivity index (χ4n) is 3.16. The Kier molecular flexibility index (Phi) is 14.8. The number of ether oxygens (including phenoxy) is 1. The Morgan fingerprint density at radius 2 is 1.65 bits per heavy atom. The van der Waals surface area contributed by atoms with Gasteiger partial charge in [-0.15, -0.1) is 0 Å². The van der Waals surface area contributed by atoms with E-state index in [9.17, 15) is 24.4 Å². The van der Waals surface area contributed by atoms with E-state index in [4.69, 9.17) is 18.9 Å². The number of hydrogen-bond acceptors (Lipinski definition) is 8. The molecule has 0 aromatic heterocycles. The Balaban J connectivity index is 0.0000109. The molecule has 0 radical (unpaired) electrons. The first kappa shape index (κ1) is 31.9. The van der Waals surface area contributed by atoms with Gasteiger partial charge in [0.2, 0.25) is 0 Å². The van der Waals surface area contributed by atoms with Crippen molar-refractivity contribution in [3.05, 3.63) is 34.4 Å². The zero-order valence-corrected chi connectivity index (χ0v) is 20.9. The smallest absolute Gasteiger partial charge is 0.472 e. The average Bonchev–Trinajstić information content (AvgIpc) is 2.67. The van der Waals surface area contributed by atoms with Crippen LogP contribution in [-0.2, 0) is 18.4 Å². The minimum atomic E-state index is -4.34. The minimum absolute atomic E-state index is 0. The number of likely N-dealkylation sites (N-methyl/N-ethyl adjacent to an activating group) is 1. The van der Waals surface area contributed by atoms with E-state index in [1.807, 2.05) is 21.1 Å². The van der Waals surface area contributed by atoms with Crippen molar-refractivity contribution in [2.24, 2.45) is 0 Å². The van der Waals surface area contributed by atoms with Gasteiger partial charge in [-0.2, -0.15) is 0 Å². The number of benzene rings is 1. The van der Waals surface area contributed by atoms with Crippen molar-refractivity contribution in [3.8, 4) is 5.75 Å². The molecule has 12 nitrogen and oxygen atoms in total. The molecule has 196 valence electrons. The number of carboxylic acid groups (broad SMARTS) is 1. The summed E-state index contributed by atoms with van der Waals surface area (Å²) in [6, 6.07) is 6.27. The highest BCUT2D eigenvalue weighted by Crippen LogP contribution is 2.45. The lowest BCUT2D eigenvalue weighted by Gasteiger charge is -2.29. The maximum Gasteiger partial charge on any atom is 0.472 e. The van der Waals surface area contributed by atoms with Gasteiger partial charge in [0.05, 0.1) is 45.7 Å². The lowest BCUT2D eigenvalue weighted by atomic mass is 10.1. The fraction of sp³-hybridized carbons (Fsp3) is 0.667. The Labute approximate surface area is 200 Å². The standard InChI is InChI=1S/C21H35N2O9P.H2O/c1-23(2,3)17-18(16-21(24)25)32-33(28,29)31-15-11-7-5-4-6-10-14-30-20-13-9-8-12-19(20)22(26)27;/h8-9,12-13,18H,4-7,10-11,14-17H2,1-3H3,(H-,24,25,28,29);1H2. The van der Waals surface area contributed by atoms with Crippen molar-refractivity contribution in [2.75, 3.05) is 40.9 Å². The molecule has 0 fully saturated rings. The van der Waals surface area contributed by atoms with Crippen molar-refractivity contribution in [2.45, 2.75) is 51.0 Å². The summed E-state index contributed by atoms with van der Waals surface area (Å²) >= 11 is 0. The zero-order chi connectivity index (χ0) is 24.9. The SMILES string of the molecule is C[N+](C)(C)CC(CC(=O)O)OP(=O)(O)OCCCCCCCCOc1ccccc1[N+](=O)[O-].[OH-]. The van der Waals surface area contributed by atoms with E-state index in [0.29, 0.717) is 17.5 Å². The lowest BCUT2D eigenvalue weighted by Crippen LogP contribution is -2.42. The molecule has 1 aromatic carbocycles. The second kappa shape index (κ2) is 15.8. The molecule has 0 amide bonds. The zero-order valence-electron chi connectivity index (χ0n) is 20.0. The van der Waals surface area contributed by atoms with Crippen LogP contribution >= 0.6 is 7.82 Å². The second-order valence-electron chi connectivity index (χ2n) is 8.79. The molecule has 0 bridgehead atoms. The summed E-state index contributed by atoms with van der Waals surface area (Å²) in [4.78, 5) is 31.4.